The van der Waals surface area contributed by atoms with E-state index >= 15 is 0 Å². The number of hydrogen-bond acceptors (Lipinski definition) is 1. The molecule has 0 saturated heterocycles. The molecule has 0 aromatic rings. The first-order valence-corrected chi connectivity index (χ1v) is 4.13. The lowest BCUT2D eigenvalue weighted by Gasteiger charge is -2.26. The molecule has 1 rings (SSSR count). The van der Waals surface area contributed by atoms with Crippen LogP contribution in [0.4, 0.5) is 13.2 Å². The zero-order valence-corrected chi connectivity index (χ0v) is 7.33. The first-order chi connectivity index (χ1) is 5.31. The molecule has 72 valence electrons. The lowest BCUT2D eigenvalue weighted by Crippen LogP contribution is -2.46. The van der Waals surface area contributed by atoms with Crippen LogP contribution in [0.15, 0.2) is 0 Å². The van der Waals surface area contributed by atoms with Gasteiger partial charge in [-0.25, -0.2) is 0 Å². The molecule has 0 aliphatic heterocycles. The molecule has 0 spiro atoms. The predicted octanol–water partition coefficient (Wildman–Crippen LogP) is 2.33. The van der Waals surface area contributed by atoms with Crippen molar-refractivity contribution in [1.82, 2.24) is 5.32 Å². The fraction of sp³-hybridized carbons (Fsp3) is 1.00. The number of rotatable bonds is 3. The van der Waals surface area contributed by atoms with Crippen molar-refractivity contribution < 1.29 is 13.2 Å². The summed E-state index contributed by atoms with van der Waals surface area (Å²) in [5.74, 6) is 0.430. The van der Waals surface area contributed by atoms with Gasteiger partial charge >= 0.3 is 6.18 Å². The predicted molar refractivity (Wildman–Crippen MR) is 40.9 cm³/mol. The molecule has 0 aromatic carbocycles. The molecule has 1 N–H and O–H groups in total. The van der Waals surface area contributed by atoms with Crippen molar-refractivity contribution in [3.8, 4) is 0 Å². The quantitative estimate of drug-likeness (QED) is 0.704. The maximum absolute atomic E-state index is 11.8. The van der Waals surface area contributed by atoms with E-state index in [1.165, 1.54) is 0 Å². The zero-order valence-electron chi connectivity index (χ0n) is 7.33. The van der Waals surface area contributed by atoms with Crippen molar-refractivity contribution in [2.75, 3.05) is 6.54 Å². The standard InChI is InChI=1S/C8H14F3N/c1-7(2,6-3-4-6)12-5-8(9,10)11/h6,12H,3-5H2,1-2H3. The molecular weight excluding hydrogens is 167 g/mol. The largest absolute Gasteiger partial charge is 0.401 e. The Morgan fingerprint density at radius 2 is 1.75 bits per heavy atom. The lowest BCUT2D eigenvalue weighted by atomic mass is 9.99. The van der Waals surface area contributed by atoms with Crippen molar-refractivity contribution >= 4 is 0 Å². The monoisotopic (exact) mass is 181 g/mol. The van der Waals surface area contributed by atoms with E-state index in [0.29, 0.717) is 5.92 Å². The lowest BCUT2D eigenvalue weighted by molar-refractivity contribution is -0.128. The second-order valence-corrected chi connectivity index (χ2v) is 3.96. The summed E-state index contributed by atoms with van der Waals surface area (Å²) in [5, 5.41) is 2.54. The first kappa shape index (κ1) is 9.84. The molecule has 0 amide bonds. The van der Waals surface area contributed by atoms with Crippen LogP contribution >= 0.6 is 0 Å². The maximum atomic E-state index is 11.8. The zero-order chi connectivity index (χ0) is 9.41. The van der Waals surface area contributed by atoms with Crippen molar-refractivity contribution in [3.05, 3.63) is 0 Å². The van der Waals surface area contributed by atoms with Crippen LogP contribution in [-0.4, -0.2) is 18.3 Å². The SMILES string of the molecule is CC(C)(NCC(F)(F)F)C1CC1. The number of alkyl halides is 3. The fourth-order valence-corrected chi connectivity index (χ4v) is 1.28. The van der Waals surface area contributed by atoms with Gasteiger partial charge in [0, 0.05) is 5.54 Å². The molecule has 1 saturated carbocycles. The van der Waals surface area contributed by atoms with E-state index in [2.05, 4.69) is 5.32 Å². The molecule has 0 radical (unpaired) electrons. The van der Waals surface area contributed by atoms with Gasteiger partial charge in [-0.05, 0) is 32.6 Å². The highest BCUT2D eigenvalue weighted by Gasteiger charge is 2.39. The number of halogens is 3. The van der Waals surface area contributed by atoms with Crippen LogP contribution in [0.1, 0.15) is 26.7 Å². The van der Waals surface area contributed by atoms with Gasteiger partial charge in [-0.1, -0.05) is 0 Å². The summed E-state index contributed by atoms with van der Waals surface area (Å²) in [6.45, 7) is 2.78. The van der Waals surface area contributed by atoms with E-state index in [4.69, 9.17) is 0 Å². The molecule has 0 aromatic heterocycles. The van der Waals surface area contributed by atoms with Crippen molar-refractivity contribution in [2.45, 2.75) is 38.4 Å². The Bertz CT molecular complexity index is 158. The molecule has 0 heterocycles. The smallest absolute Gasteiger partial charge is 0.303 e. The van der Waals surface area contributed by atoms with Gasteiger partial charge in [-0.2, -0.15) is 13.2 Å². The Labute approximate surface area is 70.3 Å². The molecule has 0 atom stereocenters. The Morgan fingerprint density at radius 3 is 2.08 bits per heavy atom. The van der Waals surface area contributed by atoms with E-state index in [0.717, 1.165) is 12.8 Å². The minimum Gasteiger partial charge on any atom is -0.303 e. The summed E-state index contributed by atoms with van der Waals surface area (Å²) in [7, 11) is 0. The minimum atomic E-state index is -4.09. The highest BCUT2D eigenvalue weighted by Crippen LogP contribution is 2.39. The second-order valence-electron chi connectivity index (χ2n) is 3.96. The summed E-state index contributed by atoms with van der Waals surface area (Å²) in [4.78, 5) is 0. The Hall–Kier alpha value is -0.250. The van der Waals surface area contributed by atoms with E-state index in [1.54, 1.807) is 0 Å². The molecule has 12 heavy (non-hydrogen) atoms. The van der Waals surface area contributed by atoms with Gasteiger partial charge in [0.2, 0.25) is 0 Å². The third-order valence-electron chi connectivity index (χ3n) is 2.34. The minimum absolute atomic E-state index is 0.352. The van der Waals surface area contributed by atoms with Gasteiger partial charge in [-0.15, -0.1) is 0 Å². The molecule has 1 nitrogen and oxygen atoms in total. The van der Waals surface area contributed by atoms with Gasteiger partial charge in [0.15, 0.2) is 0 Å². The molecule has 1 aliphatic rings. The van der Waals surface area contributed by atoms with Crippen LogP contribution in [0.2, 0.25) is 0 Å². The Kier molecular flexibility index (Phi) is 2.38. The van der Waals surface area contributed by atoms with E-state index in [-0.39, 0.29) is 5.54 Å². The summed E-state index contributed by atoms with van der Waals surface area (Å²) in [6, 6.07) is 0. The molecule has 4 heteroatoms. The number of nitrogens with one attached hydrogen (secondary N) is 1. The van der Waals surface area contributed by atoms with Crippen LogP contribution in [0, 0.1) is 5.92 Å². The molecule has 0 unspecified atom stereocenters. The van der Waals surface area contributed by atoms with Crippen LogP contribution < -0.4 is 5.32 Å². The van der Waals surface area contributed by atoms with Gasteiger partial charge < -0.3 is 5.32 Å². The van der Waals surface area contributed by atoms with Gasteiger partial charge in [-0.3, -0.25) is 0 Å². The van der Waals surface area contributed by atoms with Crippen LogP contribution in [0.3, 0.4) is 0 Å². The normalized spacial score (nSPS) is 19.8. The summed E-state index contributed by atoms with van der Waals surface area (Å²) in [6.07, 6.45) is -1.98. The summed E-state index contributed by atoms with van der Waals surface area (Å²) >= 11 is 0. The molecule has 1 fully saturated rings. The van der Waals surface area contributed by atoms with E-state index < -0.39 is 12.7 Å². The second kappa shape index (κ2) is 2.91. The average Bonchev–Trinajstić information content (AvgIpc) is 2.62. The average molecular weight is 181 g/mol. The molecule has 1 aliphatic carbocycles. The van der Waals surface area contributed by atoms with Crippen molar-refractivity contribution in [3.63, 3.8) is 0 Å². The highest BCUT2D eigenvalue weighted by atomic mass is 19.4. The molecular formula is C8H14F3N. The topological polar surface area (TPSA) is 12.0 Å². The molecule has 0 bridgehead atoms. The van der Waals surface area contributed by atoms with Gasteiger partial charge in [0.05, 0.1) is 6.54 Å². The Morgan fingerprint density at radius 1 is 1.25 bits per heavy atom. The first-order valence-electron chi connectivity index (χ1n) is 4.13. The van der Waals surface area contributed by atoms with Crippen LogP contribution in [0.25, 0.3) is 0 Å². The Balaban J connectivity index is 2.30. The van der Waals surface area contributed by atoms with Crippen molar-refractivity contribution in [2.24, 2.45) is 5.92 Å². The summed E-state index contributed by atoms with van der Waals surface area (Å²) in [5.41, 5.74) is -0.352. The van der Waals surface area contributed by atoms with Crippen LogP contribution in [-0.2, 0) is 0 Å². The van der Waals surface area contributed by atoms with E-state index in [9.17, 15) is 13.2 Å². The third-order valence-corrected chi connectivity index (χ3v) is 2.34. The van der Waals surface area contributed by atoms with Gasteiger partial charge in [0.25, 0.3) is 0 Å². The fourth-order valence-electron chi connectivity index (χ4n) is 1.28. The van der Waals surface area contributed by atoms with Crippen molar-refractivity contribution in [1.29, 1.82) is 0 Å². The maximum Gasteiger partial charge on any atom is 0.401 e. The van der Waals surface area contributed by atoms with Crippen LogP contribution in [0.5, 0.6) is 0 Å². The van der Waals surface area contributed by atoms with E-state index in [1.807, 2.05) is 13.8 Å². The summed E-state index contributed by atoms with van der Waals surface area (Å²) < 4.78 is 35.4. The third kappa shape index (κ3) is 3.01. The highest BCUT2D eigenvalue weighted by molar-refractivity contribution is 4.94. The van der Waals surface area contributed by atoms with Gasteiger partial charge in [0.1, 0.15) is 0 Å². The number of hydrogen-bond donors (Lipinski definition) is 1.